The Hall–Kier alpha value is -1.02. The van der Waals surface area contributed by atoms with E-state index in [1.165, 1.54) is 12.8 Å². The summed E-state index contributed by atoms with van der Waals surface area (Å²) < 4.78 is 0. The van der Waals surface area contributed by atoms with Crippen LogP contribution in [0, 0.1) is 0 Å². The number of alkyl halides is 1. The van der Waals surface area contributed by atoms with Crippen molar-refractivity contribution in [1.82, 2.24) is 4.90 Å². The lowest BCUT2D eigenvalue weighted by atomic mass is 10.1. The molecule has 2 nitrogen and oxygen atoms in total. The zero-order chi connectivity index (χ0) is 13.7. The second-order valence-electron chi connectivity index (χ2n) is 5.22. The fraction of sp³-hybridized carbons (Fsp3) is 0.562. The Morgan fingerprint density at radius 2 is 2.05 bits per heavy atom. The van der Waals surface area contributed by atoms with Gasteiger partial charge in [0.05, 0.1) is 0 Å². The Kier molecular flexibility index (Phi) is 5.26. The molecule has 2 atom stereocenters. The highest BCUT2D eigenvalue weighted by Crippen LogP contribution is 2.27. The summed E-state index contributed by atoms with van der Waals surface area (Å²) in [6, 6.07) is 10.0. The smallest absolute Gasteiger partial charge is 0.245 e. The molecule has 19 heavy (non-hydrogen) atoms. The van der Waals surface area contributed by atoms with E-state index < -0.39 is 5.38 Å². The van der Waals surface area contributed by atoms with Crippen LogP contribution in [0.4, 0.5) is 0 Å². The molecule has 0 aliphatic carbocycles. The van der Waals surface area contributed by atoms with Crippen LogP contribution in [-0.2, 0) is 4.79 Å². The zero-order valence-electron chi connectivity index (χ0n) is 11.5. The molecule has 1 aliphatic heterocycles. The molecule has 1 aliphatic rings. The number of amides is 1. The highest BCUT2D eigenvalue weighted by molar-refractivity contribution is 6.30. The second-order valence-corrected chi connectivity index (χ2v) is 5.65. The van der Waals surface area contributed by atoms with E-state index in [-0.39, 0.29) is 5.91 Å². The SMILES string of the molecule is CCC1CCCCCN1C(=O)C(Cl)c1ccccc1. The Morgan fingerprint density at radius 1 is 1.32 bits per heavy atom. The quantitative estimate of drug-likeness (QED) is 0.761. The van der Waals surface area contributed by atoms with Crippen molar-refractivity contribution in [3.05, 3.63) is 35.9 Å². The predicted octanol–water partition coefficient (Wildman–Crippen LogP) is 4.15. The minimum atomic E-state index is -0.548. The van der Waals surface area contributed by atoms with Gasteiger partial charge in [0, 0.05) is 12.6 Å². The van der Waals surface area contributed by atoms with Crippen molar-refractivity contribution >= 4 is 17.5 Å². The molecule has 0 aromatic heterocycles. The fourth-order valence-corrected chi connectivity index (χ4v) is 3.07. The first-order valence-electron chi connectivity index (χ1n) is 7.23. The van der Waals surface area contributed by atoms with Gasteiger partial charge in [0.2, 0.25) is 5.91 Å². The van der Waals surface area contributed by atoms with E-state index in [2.05, 4.69) is 6.92 Å². The number of halogens is 1. The van der Waals surface area contributed by atoms with Crippen molar-refractivity contribution in [3.8, 4) is 0 Å². The summed E-state index contributed by atoms with van der Waals surface area (Å²) in [6.45, 7) is 3.01. The average Bonchev–Trinajstić information content (AvgIpc) is 2.71. The lowest BCUT2D eigenvalue weighted by Crippen LogP contribution is -2.41. The van der Waals surface area contributed by atoms with Crippen LogP contribution in [0.5, 0.6) is 0 Å². The van der Waals surface area contributed by atoms with Gasteiger partial charge < -0.3 is 4.90 Å². The Labute approximate surface area is 120 Å². The van der Waals surface area contributed by atoms with E-state index in [4.69, 9.17) is 11.6 Å². The van der Waals surface area contributed by atoms with E-state index in [0.717, 1.165) is 31.4 Å². The molecular weight excluding hydrogens is 258 g/mol. The monoisotopic (exact) mass is 279 g/mol. The molecule has 3 heteroatoms. The van der Waals surface area contributed by atoms with Crippen LogP contribution in [-0.4, -0.2) is 23.4 Å². The summed E-state index contributed by atoms with van der Waals surface area (Å²) in [4.78, 5) is 14.6. The highest BCUT2D eigenvalue weighted by atomic mass is 35.5. The summed E-state index contributed by atoms with van der Waals surface area (Å²) in [5, 5.41) is -0.548. The molecule has 1 heterocycles. The number of carbonyl (C=O) groups excluding carboxylic acids is 1. The number of carbonyl (C=O) groups is 1. The molecule has 1 saturated heterocycles. The molecule has 1 aromatic carbocycles. The minimum Gasteiger partial charge on any atom is -0.338 e. The molecule has 1 amide bonds. The number of nitrogens with zero attached hydrogens (tertiary/aromatic N) is 1. The van der Waals surface area contributed by atoms with Crippen molar-refractivity contribution in [2.75, 3.05) is 6.54 Å². The summed E-state index contributed by atoms with van der Waals surface area (Å²) in [7, 11) is 0. The summed E-state index contributed by atoms with van der Waals surface area (Å²) in [6.07, 6.45) is 5.67. The maximum Gasteiger partial charge on any atom is 0.245 e. The van der Waals surface area contributed by atoms with Crippen molar-refractivity contribution in [2.45, 2.75) is 50.4 Å². The molecule has 1 fully saturated rings. The van der Waals surface area contributed by atoms with Crippen LogP contribution >= 0.6 is 11.6 Å². The van der Waals surface area contributed by atoms with Crippen LogP contribution in [0.15, 0.2) is 30.3 Å². The van der Waals surface area contributed by atoms with Crippen LogP contribution in [0.2, 0.25) is 0 Å². The van der Waals surface area contributed by atoms with Gasteiger partial charge in [-0.25, -0.2) is 0 Å². The standard InChI is InChI=1S/C16H22ClNO/c1-2-14-11-7-4-8-12-18(14)16(19)15(17)13-9-5-3-6-10-13/h3,5-6,9-10,14-15H,2,4,7-8,11-12H2,1H3. The third kappa shape index (κ3) is 3.50. The lowest BCUT2D eigenvalue weighted by Gasteiger charge is -2.31. The summed E-state index contributed by atoms with van der Waals surface area (Å²) in [5.41, 5.74) is 0.897. The number of hydrogen-bond acceptors (Lipinski definition) is 1. The second kappa shape index (κ2) is 6.95. The fourth-order valence-electron chi connectivity index (χ4n) is 2.80. The van der Waals surface area contributed by atoms with Gasteiger partial charge in [-0.05, 0) is 24.8 Å². The molecule has 2 rings (SSSR count). The van der Waals surface area contributed by atoms with Gasteiger partial charge in [0.25, 0.3) is 0 Å². The van der Waals surface area contributed by atoms with E-state index in [1.54, 1.807) is 0 Å². The molecule has 1 aromatic rings. The molecule has 0 spiro atoms. The van der Waals surface area contributed by atoms with Crippen LogP contribution in [0.25, 0.3) is 0 Å². The van der Waals surface area contributed by atoms with Gasteiger partial charge in [0.15, 0.2) is 0 Å². The van der Waals surface area contributed by atoms with Gasteiger partial charge in [-0.2, -0.15) is 0 Å². The van der Waals surface area contributed by atoms with Crippen LogP contribution in [0.1, 0.15) is 50.0 Å². The van der Waals surface area contributed by atoms with Crippen molar-refractivity contribution < 1.29 is 4.79 Å². The normalized spacial score (nSPS) is 21.8. The third-order valence-corrected chi connectivity index (χ3v) is 4.38. The highest BCUT2D eigenvalue weighted by Gasteiger charge is 2.29. The molecule has 2 unspecified atom stereocenters. The number of likely N-dealkylation sites (tertiary alicyclic amines) is 1. The first-order valence-corrected chi connectivity index (χ1v) is 7.67. The number of benzene rings is 1. The molecule has 0 bridgehead atoms. The van der Waals surface area contributed by atoms with Gasteiger partial charge in [-0.3, -0.25) is 4.79 Å². The molecule has 0 radical (unpaired) electrons. The Bertz CT molecular complexity index is 406. The minimum absolute atomic E-state index is 0.0709. The Morgan fingerprint density at radius 3 is 2.74 bits per heavy atom. The average molecular weight is 280 g/mol. The largest absolute Gasteiger partial charge is 0.338 e. The molecule has 0 N–H and O–H groups in total. The van der Waals surface area contributed by atoms with Gasteiger partial charge >= 0.3 is 0 Å². The predicted molar refractivity (Wildman–Crippen MR) is 79.3 cm³/mol. The summed E-state index contributed by atoms with van der Waals surface area (Å²) >= 11 is 6.37. The van der Waals surface area contributed by atoms with Crippen LogP contribution < -0.4 is 0 Å². The summed E-state index contributed by atoms with van der Waals surface area (Å²) in [5.74, 6) is 0.0709. The molecule has 0 saturated carbocycles. The zero-order valence-corrected chi connectivity index (χ0v) is 12.3. The number of rotatable bonds is 3. The Balaban J connectivity index is 2.12. The van der Waals surface area contributed by atoms with Gasteiger partial charge in [-0.1, -0.05) is 50.1 Å². The van der Waals surface area contributed by atoms with Gasteiger partial charge in [0.1, 0.15) is 5.38 Å². The van der Waals surface area contributed by atoms with E-state index in [0.29, 0.717) is 6.04 Å². The van der Waals surface area contributed by atoms with Gasteiger partial charge in [-0.15, -0.1) is 11.6 Å². The first-order chi connectivity index (χ1) is 9.24. The van der Waals surface area contributed by atoms with E-state index in [9.17, 15) is 4.79 Å². The van der Waals surface area contributed by atoms with E-state index >= 15 is 0 Å². The van der Waals surface area contributed by atoms with Crippen molar-refractivity contribution in [2.24, 2.45) is 0 Å². The van der Waals surface area contributed by atoms with E-state index in [1.807, 2.05) is 35.2 Å². The maximum absolute atomic E-state index is 12.6. The molecular formula is C16H22ClNO. The lowest BCUT2D eigenvalue weighted by molar-refractivity contribution is -0.133. The number of hydrogen-bond donors (Lipinski definition) is 0. The maximum atomic E-state index is 12.6. The van der Waals surface area contributed by atoms with Crippen molar-refractivity contribution in [3.63, 3.8) is 0 Å². The van der Waals surface area contributed by atoms with Crippen molar-refractivity contribution in [1.29, 1.82) is 0 Å². The van der Waals surface area contributed by atoms with Crippen LogP contribution in [0.3, 0.4) is 0 Å². The first kappa shape index (κ1) is 14.4. The molecule has 104 valence electrons. The topological polar surface area (TPSA) is 20.3 Å². The third-order valence-electron chi connectivity index (χ3n) is 3.94.